The third-order valence-electron chi connectivity index (χ3n) is 4.00. The number of methoxy groups -OCH3 is 1. The molecule has 0 saturated carbocycles. The monoisotopic (exact) mass is 356 g/mol. The van der Waals surface area contributed by atoms with Crippen LogP contribution < -0.4 is 10.6 Å². The Morgan fingerprint density at radius 2 is 1.56 bits per heavy atom. The van der Waals surface area contributed by atoms with Crippen LogP contribution in [0.5, 0.6) is 0 Å². The van der Waals surface area contributed by atoms with E-state index >= 15 is 0 Å². The van der Waals surface area contributed by atoms with Crippen molar-refractivity contribution in [3.05, 3.63) is 0 Å². The fourth-order valence-electron chi connectivity index (χ4n) is 2.57. The van der Waals surface area contributed by atoms with Crippen molar-refractivity contribution < 1.29 is 19.1 Å². The van der Waals surface area contributed by atoms with Crippen molar-refractivity contribution in [3.8, 4) is 0 Å². The molecule has 0 aliphatic carbocycles. The van der Waals surface area contributed by atoms with Gasteiger partial charge in [-0.3, -0.25) is 14.4 Å². The Morgan fingerprint density at radius 3 is 2.12 bits per heavy atom. The summed E-state index contributed by atoms with van der Waals surface area (Å²) >= 11 is 0. The molecule has 0 saturated heterocycles. The number of carbonyl (C=O) groups is 3. The van der Waals surface area contributed by atoms with Crippen molar-refractivity contribution >= 4 is 17.8 Å². The van der Waals surface area contributed by atoms with E-state index in [0.29, 0.717) is 12.8 Å². The maximum absolute atomic E-state index is 12.2. The van der Waals surface area contributed by atoms with Crippen LogP contribution in [-0.2, 0) is 19.1 Å². The van der Waals surface area contributed by atoms with Gasteiger partial charge in [0.2, 0.25) is 11.8 Å². The van der Waals surface area contributed by atoms with Crippen LogP contribution in [0.25, 0.3) is 0 Å². The normalized spacial score (nSPS) is 11.9. The van der Waals surface area contributed by atoms with Crippen molar-refractivity contribution in [3.63, 3.8) is 0 Å². The first-order chi connectivity index (χ1) is 11.9. The van der Waals surface area contributed by atoms with Gasteiger partial charge in [0.25, 0.3) is 0 Å². The number of carbonyl (C=O) groups excluding carboxylic acids is 3. The largest absolute Gasteiger partial charge is 0.468 e. The highest BCUT2D eigenvalue weighted by atomic mass is 16.5. The first-order valence-corrected chi connectivity index (χ1v) is 9.54. The van der Waals surface area contributed by atoms with E-state index in [9.17, 15) is 14.4 Å². The van der Waals surface area contributed by atoms with E-state index < -0.39 is 12.0 Å². The highest BCUT2D eigenvalue weighted by Gasteiger charge is 2.22. The number of hydrogen-bond donors (Lipinski definition) is 2. The fourth-order valence-corrected chi connectivity index (χ4v) is 2.57. The molecule has 0 spiro atoms. The van der Waals surface area contributed by atoms with Gasteiger partial charge in [0, 0.05) is 6.42 Å². The molecule has 0 aromatic carbocycles. The second kappa shape index (κ2) is 14.7. The zero-order valence-corrected chi connectivity index (χ0v) is 16.4. The fraction of sp³-hybridized carbons (Fsp3) is 0.842. The number of rotatable bonds is 14. The van der Waals surface area contributed by atoms with Crippen molar-refractivity contribution in [2.75, 3.05) is 13.7 Å². The molecule has 146 valence electrons. The van der Waals surface area contributed by atoms with Crippen LogP contribution in [0, 0.1) is 5.92 Å². The van der Waals surface area contributed by atoms with Gasteiger partial charge in [0.05, 0.1) is 7.11 Å². The quantitative estimate of drug-likeness (QED) is 0.370. The maximum Gasteiger partial charge on any atom is 0.325 e. The Kier molecular flexibility index (Phi) is 13.8. The minimum absolute atomic E-state index is 0.104. The number of ether oxygens (including phenoxy) is 1. The molecule has 2 N–H and O–H groups in total. The first-order valence-electron chi connectivity index (χ1n) is 9.54. The summed E-state index contributed by atoms with van der Waals surface area (Å²) in [6.07, 6.45) is 9.01. The molecule has 1 atom stereocenters. The number of hydrogen-bond acceptors (Lipinski definition) is 4. The smallest absolute Gasteiger partial charge is 0.325 e. The predicted octanol–water partition coefficient (Wildman–Crippen LogP) is 2.95. The van der Waals surface area contributed by atoms with Gasteiger partial charge in [-0.05, 0) is 18.8 Å². The van der Waals surface area contributed by atoms with Crippen LogP contribution in [0.3, 0.4) is 0 Å². The molecule has 0 rings (SSSR count). The molecule has 0 aliphatic heterocycles. The Bertz CT molecular complexity index is 397. The summed E-state index contributed by atoms with van der Waals surface area (Å²) in [5, 5.41) is 5.31. The lowest BCUT2D eigenvalue weighted by atomic mass is 10.0. The molecule has 2 amide bonds. The van der Waals surface area contributed by atoms with Crippen LogP contribution in [-0.4, -0.2) is 37.5 Å². The number of amides is 2. The summed E-state index contributed by atoms with van der Waals surface area (Å²) in [5.41, 5.74) is 0. The molecule has 0 aromatic heterocycles. The zero-order valence-electron chi connectivity index (χ0n) is 16.4. The molecule has 0 unspecified atom stereocenters. The molecule has 0 fully saturated rings. The van der Waals surface area contributed by atoms with E-state index in [4.69, 9.17) is 0 Å². The zero-order chi connectivity index (χ0) is 19.1. The second-order valence-electron chi connectivity index (χ2n) is 6.91. The van der Waals surface area contributed by atoms with E-state index in [2.05, 4.69) is 22.3 Å². The first kappa shape index (κ1) is 23.4. The molecule has 25 heavy (non-hydrogen) atoms. The Hall–Kier alpha value is -1.59. The molecular formula is C19H36N2O4. The van der Waals surface area contributed by atoms with E-state index in [1.807, 2.05) is 13.8 Å². The van der Waals surface area contributed by atoms with Crippen LogP contribution in [0.4, 0.5) is 0 Å². The van der Waals surface area contributed by atoms with E-state index in [1.165, 1.54) is 32.8 Å². The minimum Gasteiger partial charge on any atom is -0.468 e. The van der Waals surface area contributed by atoms with Gasteiger partial charge in [-0.2, -0.15) is 0 Å². The van der Waals surface area contributed by atoms with Crippen LogP contribution in [0.2, 0.25) is 0 Å². The molecule has 6 heteroatoms. The lowest BCUT2D eigenvalue weighted by Crippen LogP contribution is -2.48. The van der Waals surface area contributed by atoms with Crippen molar-refractivity contribution in [1.82, 2.24) is 10.6 Å². The topological polar surface area (TPSA) is 84.5 Å². The van der Waals surface area contributed by atoms with E-state index in [1.54, 1.807) is 0 Å². The van der Waals surface area contributed by atoms with Gasteiger partial charge < -0.3 is 15.4 Å². The van der Waals surface area contributed by atoms with Crippen molar-refractivity contribution in [1.29, 1.82) is 0 Å². The summed E-state index contributed by atoms with van der Waals surface area (Å²) in [6.45, 7) is 5.99. The highest BCUT2D eigenvalue weighted by Crippen LogP contribution is 2.09. The SMILES string of the molecule is CCCCCCCCCC(=O)N[C@@H](CC(C)C)C(=O)NCC(=O)OC. The van der Waals surface area contributed by atoms with E-state index in [0.717, 1.165) is 19.3 Å². The minimum atomic E-state index is -0.610. The summed E-state index contributed by atoms with van der Waals surface area (Å²) in [7, 11) is 1.27. The third kappa shape index (κ3) is 13.4. The summed E-state index contributed by atoms with van der Waals surface area (Å²) in [4.78, 5) is 35.4. The molecule has 0 aromatic rings. The molecule has 0 radical (unpaired) electrons. The molecule has 6 nitrogen and oxygen atoms in total. The Morgan fingerprint density at radius 1 is 0.960 bits per heavy atom. The molecule has 0 heterocycles. The average molecular weight is 357 g/mol. The second-order valence-corrected chi connectivity index (χ2v) is 6.91. The van der Waals surface area contributed by atoms with Crippen molar-refractivity contribution in [2.45, 2.75) is 84.6 Å². The van der Waals surface area contributed by atoms with Gasteiger partial charge in [-0.15, -0.1) is 0 Å². The number of esters is 1. The maximum atomic E-state index is 12.2. The predicted molar refractivity (Wildman–Crippen MR) is 99.0 cm³/mol. The summed E-state index contributed by atoms with van der Waals surface area (Å²) in [5.74, 6) is -0.696. The van der Waals surface area contributed by atoms with E-state index in [-0.39, 0.29) is 24.3 Å². The Labute approximate surface area is 152 Å². The standard InChI is InChI=1S/C19H36N2O4/c1-5-6-7-8-9-10-11-12-17(22)21-16(13-15(2)3)19(24)20-14-18(23)25-4/h15-16H,5-14H2,1-4H3,(H,20,24)(H,21,22)/t16-/m0/s1. The molecular weight excluding hydrogens is 320 g/mol. The lowest BCUT2D eigenvalue weighted by molar-refractivity contribution is -0.141. The molecule has 0 bridgehead atoms. The van der Waals surface area contributed by atoms with Gasteiger partial charge in [-0.25, -0.2) is 0 Å². The third-order valence-corrected chi connectivity index (χ3v) is 4.00. The summed E-state index contributed by atoms with van der Waals surface area (Å²) < 4.78 is 4.50. The van der Waals surface area contributed by atoms with Crippen LogP contribution in [0.1, 0.15) is 78.6 Å². The van der Waals surface area contributed by atoms with Crippen LogP contribution in [0.15, 0.2) is 0 Å². The highest BCUT2D eigenvalue weighted by molar-refractivity contribution is 5.89. The number of nitrogens with one attached hydrogen (secondary N) is 2. The van der Waals surface area contributed by atoms with Crippen molar-refractivity contribution in [2.24, 2.45) is 5.92 Å². The lowest BCUT2D eigenvalue weighted by Gasteiger charge is -2.20. The van der Waals surface area contributed by atoms with Gasteiger partial charge in [-0.1, -0.05) is 59.3 Å². The van der Waals surface area contributed by atoms with Crippen LogP contribution >= 0.6 is 0 Å². The number of unbranched alkanes of at least 4 members (excludes halogenated alkanes) is 6. The molecule has 0 aliphatic rings. The van der Waals surface area contributed by atoms with Gasteiger partial charge in [0.15, 0.2) is 0 Å². The average Bonchev–Trinajstić information content (AvgIpc) is 2.57. The summed E-state index contributed by atoms with van der Waals surface area (Å²) in [6, 6.07) is -0.610. The van der Waals surface area contributed by atoms with Gasteiger partial charge >= 0.3 is 5.97 Å². The Balaban J connectivity index is 4.16. The van der Waals surface area contributed by atoms with Gasteiger partial charge in [0.1, 0.15) is 12.6 Å².